The summed E-state index contributed by atoms with van der Waals surface area (Å²) in [5.41, 5.74) is 3.81. The van der Waals surface area contributed by atoms with Crippen LogP contribution in [0.5, 0.6) is 5.75 Å². The minimum absolute atomic E-state index is 0.0565. The molecular weight excluding hydrogens is 324 g/mol. The van der Waals surface area contributed by atoms with Gasteiger partial charge in [-0.05, 0) is 71.2 Å². The molecule has 1 unspecified atom stereocenters. The first-order valence-electron chi connectivity index (χ1n) is 9.51. The Labute approximate surface area is 157 Å². The lowest BCUT2D eigenvalue weighted by molar-refractivity contribution is -0.148. The van der Waals surface area contributed by atoms with Crippen LogP contribution < -0.4 is 4.74 Å². The number of hydrogen-bond acceptors (Lipinski definition) is 3. The van der Waals surface area contributed by atoms with Gasteiger partial charge in [0.1, 0.15) is 11.9 Å². The average molecular weight is 357 g/mol. The first-order chi connectivity index (χ1) is 12.2. The summed E-state index contributed by atoms with van der Waals surface area (Å²) < 4.78 is 11.2. The van der Waals surface area contributed by atoms with Crippen molar-refractivity contribution in [2.45, 2.75) is 66.4 Å². The van der Waals surface area contributed by atoms with Crippen LogP contribution in [0.25, 0.3) is 10.8 Å². The van der Waals surface area contributed by atoms with Crippen LogP contribution in [-0.2, 0) is 16.0 Å². The topological polar surface area (TPSA) is 35.5 Å². The fraction of sp³-hybridized carbons (Fsp3) is 0.522. The van der Waals surface area contributed by atoms with E-state index in [1.54, 1.807) is 7.11 Å². The van der Waals surface area contributed by atoms with Gasteiger partial charge < -0.3 is 9.47 Å². The van der Waals surface area contributed by atoms with Crippen LogP contribution in [0.3, 0.4) is 0 Å². The largest absolute Gasteiger partial charge is 0.496 e. The van der Waals surface area contributed by atoms with Crippen molar-refractivity contribution in [3.05, 3.63) is 41.0 Å². The molecule has 0 radical (unpaired) electrons. The summed E-state index contributed by atoms with van der Waals surface area (Å²) in [6.45, 7) is 12.2. The molecule has 3 heteroatoms. The summed E-state index contributed by atoms with van der Waals surface area (Å²) >= 11 is 0. The molecule has 26 heavy (non-hydrogen) atoms. The number of methoxy groups -OCH3 is 1. The molecule has 0 fully saturated rings. The van der Waals surface area contributed by atoms with Gasteiger partial charge in [0.05, 0.1) is 7.11 Å². The van der Waals surface area contributed by atoms with Crippen molar-refractivity contribution in [3.8, 4) is 5.75 Å². The smallest absolute Gasteiger partial charge is 0.302 e. The van der Waals surface area contributed by atoms with Crippen molar-refractivity contribution >= 4 is 16.7 Å². The van der Waals surface area contributed by atoms with Gasteiger partial charge in [-0.3, -0.25) is 4.79 Å². The van der Waals surface area contributed by atoms with Crippen LogP contribution >= 0.6 is 0 Å². The highest BCUT2D eigenvalue weighted by molar-refractivity contribution is 5.89. The van der Waals surface area contributed by atoms with Gasteiger partial charge in [0.25, 0.3) is 0 Å². The molecule has 2 aromatic carbocycles. The van der Waals surface area contributed by atoms with E-state index in [1.807, 2.05) is 0 Å². The van der Waals surface area contributed by atoms with Crippen LogP contribution in [-0.4, -0.2) is 19.2 Å². The third-order valence-corrected chi connectivity index (χ3v) is 5.08. The molecular formula is C23H32O3. The second-order valence-electron chi connectivity index (χ2n) is 7.76. The molecule has 0 heterocycles. The van der Waals surface area contributed by atoms with Gasteiger partial charge >= 0.3 is 5.97 Å². The molecule has 0 saturated carbocycles. The zero-order valence-corrected chi connectivity index (χ0v) is 17.2. The van der Waals surface area contributed by atoms with Crippen LogP contribution in [0.15, 0.2) is 24.3 Å². The fourth-order valence-electron chi connectivity index (χ4n) is 3.53. The first-order valence-corrected chi connectivity index (χ1v) is 9.51. The molecule has 0 spiro atoms. The molecule has 0 aromatic heterocycles. The molecule has 1 atom stereocenters. The van der Waals surface area contributed by atoms with Crippen molar-refractivity contribution < 1.29 is 14.3 Å². The second kappa shape index (κ2) is 8.57. The quantitative estimate of drug-likeness (QED) is 0.588. The normalized spacial score (nSPS) is 12.7. The molecule has 0 N–H and O–H groups in total. The standard InChI is InChI=1S/C23H32O3/c1-14(2)20-12-18-9-8-16(5)19(21(18)13-23(20)25-7)10-11-22(15(3)4)26-17(6)24/h8-9,12-15,22H,10-11H2,1-7H3. The summed E-state index contributed by atoms with van der Waals surface area (Å²) in [6.07, 6.45) is 1.65. The zero-order valence-electron chi connectivity index (χ0n) is 17.2. The Balaban J connectivity index is 2.42. The lowest BCUT2D eigenvalue weighted by Gasteiger charge is -2.22. The molecule has 0 bridgehead atoms. The minimum atomic E-state index is -0.207. The van der Waals surface area contributed by atoms with Crippen LogP contribution in [0.2, 0.25) is 0 Å². The van der Waals surface area contributed by atoms with E-state index in [1.165, 1.54) is 34.4 Å². The highest BCUT2D eigenvalue weighted by atomic mass is 16.5. The number of carbonyl (C=O) groups excluding carboxylic acids is 1. The lowest BCUT2D eigenvalue weighted by atomic mass is 9.90. The average Bonchev–Trinajstić information content (AvgIpc) is 2.57. The summed E-state index contributed by atoms with van der Waals surface area (Å²) in [7, 11) is 1.73. The Morgan fingerprint density at radius 2 is 1.81 bits per heavy atom. The molecule has 0 saturated heterocycles. The number of hydrogen-bond donors (Lipinski definition) is 0. The maximum atomic E-state index is 11.4. The first kappa shape index (κ1) is 20.3. The highest BCUT2D eigenvalue weighted by Crippen LogP contribution is 2.34. The van der Waals surface area contributed by atoms with Crippen LogP contribution in [0.1, 0.15) is 63.6 Å². The molecule has 0 aliphatic carbocycles. The highest BCUT2D eigenvalue weighted by Gasteiger charge is 2.18. The van der Waals surface area contributed by atoms with Crippen molar-refractivity contribution in [1.29, 1.82) is 0 Å². The maximum absolute atomic E-state index is 11.4. The van der Waals surface area contributed by atoms with E-state index < -0.39 is 0 Å². The molecule has 0 aliphatic rings. The second-order valence-corrected chi connectivity index (χ2v) is 7.76. The molecule has 2 aromatic rings. The van der Waals surface area contributed by atoms with Crippen LogP contribution in [0, 0.1) is 12.8 Å². The maximum Gasteiger partial charge on any atom is 0.302 e. The number of ether oxygens (including phenoxy) is 2. The van der Waals surface area contributed by atoms with E-state index in [-0.39, 0.29) is 12.1 Å². The summed E-state index contributed by atoms with van der Waals surface area (Å²) in [4.78, 5) is 11.4. The Hall–Kier alpha value is -2.03. The molecule has 0 aliphatic heterocycles. The van der Waals surface area contributed by atoms with Gasteiger partial charge in [-0.25, -0.2) is 0 Å². The molecule has 0 amide bonds. The van der Waals surface area contributed by atoms with Gasteiger partial charge in [0, 0.05) is 6.92 Å². The third-order valence-electron chi connectivity index (χ3n) is 5.08. The number of aryl methyl sites for hydroxylation is 2. The fourth-order valence-corrected chi connectivity index (χ4v) is 3.53. The monoisotopic (exact) mass is 356 g/mol. The summed E-state index contributed by atoms with van der Waals surface area (Å²) in [5, 5.41) is 2.47. The van der Waals surface area contributed by atoms with E-state index in [9.17, 15) is 4.79 Å². The Morgan fingerprint density at radius 1 is 1.12 bits per heavy atom. The predicted molar refractivity (Wildman–Crippen MR) is 108 cm³/mol. The van der Waals surface area contributed by atoms with E-state index in [0.717, 1.165) is 18.6 Å². The minimum Gasteiger partial charge on any atom is -0.496 e. The Morgan fingerprint density at radius 3 is 2.35 bits per heavy atom. The van der Waals surface area contributed by atoms with E-state index in [2.05, 4.69) is 58.9 Å². The van der Waals surface area contributed by atoms with E-state index in [0.29, 0.717) is 11.8 Å². The number of esters is 1. The number of rotatable bonds is 7. The third kappa shape index (κ3) is 4.57. The van der Waals surface area contributed by atoms with Gasteiger partial charge in [0.15, 0.2) is 0 Å². The van der Waals surface area contributed by atoms with Crippen LogP contribution in [0.4, 0.5) is 0 Å². The van der Waals surface area contributed by atoms with Gasteiger partial charge in [0.2, 0.25) is 0 Å². The summed E-state index contributed by atoms with van der Waals surface area (Å²) in [5.74, 6) is 1.45. The number of fused-ring (bicyclic) bond motifs is 1. The van der Waals surface area contributed by atoms with Gasteiger partial charge in [-0.15, -0.1) is 0 Å². The SMILES string of the molecule is COc1cc2c(CCC(OC(C)=O)C(C)C)c(C)ccc2cc1C(C)C. The summed E-state index contributed by atoms with van der Waals surface area (Å²) in [6, 6.07) is 8.78. The van der Waals surface area contributed by atoms with Crippen molar-refractivity contribution in [2.75, 3.05) is 7.11 Å². The molecule has 3 nitrogen and oxygen atoms in total. The molecule has 142 valence electrons. The van der Waals surface area contributed by atoms with E-state index >= 15 is 0 Å². The number of benzene rings is 2. The van der Waals surface area contributed by atoms with Gasteiger partial charge in [-0.2, -0.15) is 0 Å². The molecule has 2 rings (SSSR count). The van der Waals surface area contributed by atoms with Crippen molar-refractivity contribution in [1.82, 2.24) is 0 Å². The number of carbonyl (C=O) groups is 1. The van der Waals surface area contributed by atoms with Crippen molar-refractivity contribution in [2.24, 2.45) is 5.92 Å². The van der Waals surface area contributed by atoms with E-state index in [4.69, 9.17) is 9.47 Å². The van der Waals surface area contributed by atoms with Crippen molar-refractivity contribution in [3.63, 3.8) is 0 Å². The Kier molecular flexibility index (Phi) is 6.69. The van der Waals surface area contributed by atoms with Gasteiger partial charge in [-0.1, -0.05) is 39.8 Å². The zero-order chi connectivity index (χ0) is 19.4. The lowest BCUT2D eigenvalue weighted by Crippen LogP contribution is -2.23. The Bertz CT molecular complexity index is 775. The predicted octanol–water partition coefficient (Wildman–Crippen LogP) is 5.80.